The number of aliphatic hydroxyl groups is 3. The summed E-state index contributed by atoms with van der Waals surface area (Å²) in [5, 5.41) is 32.7. The number of rotatable bonds is 7. The van der Waals surface area contributed by atoms with E-state index in [0.717, 1.165) is 11.1 Å². The van der Waals surface area contributed by atoms with Crippen LogP contribution in [0.15, 0.2) is 48.5 Å². The Morgan fingerprint density at radius 1 is 1.09 bits per heavy atom. The summed E-state index contributed by atoms with van der Waals surface area (Å²) in [7, 11) is 1.33. The molecule has 4 N–H and O–H groups in total. The molecule has 1 amide bonds. The van der Waals surface area contributed by atoms with Gasteiger partial charge in [0.05, 0.1) is 20.1 Å². The zero-order valence-corrected chi connectivity index (χ0v) is 17.8. The lowest BCUT2D eigenvalue weighted by molar-refractivity contribution is -0.244. The van der Waals surface area contributed by atoms with Crippen molar-refractivity contribution >= 4 is 11.9 Å². The van der Waals surface area contributed by atoms with Crippen LogP contribution in [0.5, 0.6) is 5.75 Å². The van der Waals surface area contributed by atoms with Gasteiger partial charge in [0, 0.05) is 12.5 Å². The zero-order valence-electron chi connectivity index (χ0n) is 17.8. The summed E-state index contributed by atoms with van der Waals surface area (Å²) in [5.74, 6) is -0.406. The van der Waals surface area contributed by atoms with Crippen LogP contribution in [-0.2, 0) is 25.5 Å². The Balaban J connectivity index is 1.91. The number of aliphatic hydroxyl groups excluding tert-OH is 3. The number of para-hydroxylation sites is 1. The molecule has 172 valence electrons. The molecule has 2 aromatic rings. The molecule has 1 heterocycles. The van der Waals surface area contributed by atoms with Crippen LogP contribution in [-0.4, -0.2) is 71.6 Å². The van der Waals surface area contributed by atoms with E-state index in [2.05, 4.69) is 5.32 Å². The van der Waals surface area contributed by atoms with Gasteiger partial charge in [0.25, 0.3) is 0 Å². The van der Waals surface area contributed by atoms with E-state index < -0.39 is 43.2 Å². The molecule has 2 aromatic carbocycles. The Labute approximate surface area is 185 Å². The molecule has 1 saturated heterocycles. The molecular formula is C23H27NO8. The smallest absolute Gasteiger partial charge is 0.309 e. The van der Waals surface area contributed by atoms with Gasteiger partial charge in [-0.15, -0.1) is 0 Å². The molecule has 0 radical (unpaired) electrons. The molecule has 0 aliphatic carbocycles. The largest absolute Gasteiger partial charge is 0.469 e. The minimum absolute atomic E-state index is 0.117. The maximum absolute atomic E-state index is 11.6. The summed E-state index contributed by atoms with van der Waals surface area (Å²) in [6.45, 7) is 0.733. The van der Waals surface area contributed by atoms with E-state index in [1.165, 1.54) is 14.0 Å². The zero-order chi connectivity index (χ0) is 23.3. The minimum atomic E-state index is -1.41. The van der Waals surface area contributed by atoms with Crippen LogP contribution in [0.3, 0.4) is 0 Å². The SMILES string of the molecule is COC(=O)Cc1cccc(-c2ccccc2O[C@@H]2O[C@H](CO)[C@H](O)[C@H](O)[C@H]2NC(C)=O)c1. The molecule has 1 aliphatic heterocycles. The highest BCUT2D eigenvalue weighted by atomic mass is 16.7. The second-order valence-corrected chi connectivity index (χ2v) is 7.50. The molecule has 3 rings (SSSR count). The van der Waals surface area contributed by atoms with Gasteiger partial charge in [-0.1, -0.05) is 42.5 Å². The highest BCUT2D eigenvalue weighted by Crippen LogP contribution is 2.33. The molecule has 9 nitrogen and oxygen atoms in total. The molecular weight excluding hydrogens is 418 g/mol. The van der Waals surface area contributed by atoms with E-state index in [1.807, 2.05) is 36.4 Å². The topological polar surface area (TPSA) is 135 Å². The highest BCUT2D eigenvalue weighted by Gasteiger charge is 2.46. The van der Waals surface area contributed by atoms with Gasteiger partial charge in [-0.05, 0) is 17.2 Å². The average Bonchev–Trinajstić information content (AvgIpc) is 2.78. The van der Waals surface area contributed by atoms with E-state index in [9.17, 15) is 24.9 Å². The molecule has 0 bridgehead atoms. The summed E-state index contributed by atoms with van der Waals surface area (Å²) >= 11 is 0. The molecule has 0 saturated carbocycles. The van der Waals surface area contributed by atoms with Gasteiger partial charge in [-0.25, -0.2) is 0 Å². The fourth-order valence-electron chi connectivity index (χ4n) is 3.59. The van der Waals surface area contributed by atoms with Crippen LogP contribution in [0, 0.1) is 0 Å². The minimum Gasteiger partial charge on any atom is -0.469 e. The summed E-state index contributed by atoms with van der Waals surface area (Å²) in [6.07, 6.45) is -4.96. The molecule has 1 aliphatic rings. The summed E-state index contributed by atoms with van der Waals surface area (Å²) < 4.78 is 16.4. The first-order valence-electron chi connectivity index (χ1n) is 10.2. The number of hydrogen-bond acceptors (Lipinski definition) is 8. The fraction of sp³-hybridized carbons (Fsp3) is 0.391. The predicted octanol–water partition coefficient (Wildman–Crippen LogP) is 0.392. The summed E-state index contributed by atoms with van der Waals surface area (Å²) in [6, 6.07) is 13.3. The standard InChI is InChI=1S/C23H27NO8/c1-13(26)24-20-22(29)21(28)18(12-25)32-23(20)31-17-9-4-3-8-16(17)15-7-5-6-14(10-15)11-19(27)30-2/h3-10,18,20-23,25,28-29H,11-12H2,1-2H3,(H,24,26)/t18-,20-,21+,22-,23-/m1/s1. The fourth-order valence-corrected chi connectivity index (χ4v) is 3.59. The Morgan fingerprint density at radius 2 is 1.84 bits per heavy atom. The van der Waals surface area contributed by atoms with Crippen molar-refractivity contribution in [1.29, 1.82) is 0 Å². The number of hydrogen-bond donors (Lipinski definition) is 4. The third-order valence-electron chi connectivity index (χ3n) is 5.20. The molecule has 0 aromatic heterocycles. The number of carbonyl (C=O) groups is 2. The van der Waals surface area contributed by atoms with Crippen LogP contribution >= 0.6 is 0 Å². The summed E-state index contributed by atoms with van der Waals surface area (Å²) in [4.78, 5) is 23.3. The van der Waals surface area contributed by atoms with Gasteiger partial charge < -0.3 is 34.8 Å². The maximum atomic E-state index is 11.6. The van der Waals surface area contributed by atoms with E-state index in [1.54, 1.807) is 12.1 Å². The lowest BCUT2D eigenvalue weighted by Crippen LogP contribution is -2.65. The first-order valence-corrected chi connectivity index (χ1v) is 10.2. The number of carbonyl (C=O) groups excluding carboxylic acids is 2. The third kappa shape index (κ3) is 5.43. The lowest BCUT2D eigenvalue weighted by Gasteiger charge is -2.42. The average molecular weight is 445 g/mol. The number of nitrogens with one attached hydrogen (secondary N) is 1. The van der Waals surface area contributed by atoms with E-state index in [4.69, 9.17) is 14.2 Å². The van der Waals surface area contributed by atoms with Gasteiger partial charge in [0.15, 0.2) is 0 Å². The molecule has 1 fully saturated rings. The molecule has 0 unspecified atom stereocenters. The lowest BCUT2D eigenvalue weighted by atomic mass is 9.96. The number of esters is 1. The number of methoxy groups -OCH3 is 1. The van der Waals surface area contributed by atoms with Gasteiger partial charge in [-0.2, -0.15) is 0 Å². The monoisotopic (exact) mass is 445 g/mol. The summed E-state index contributed by atoms with van der Waals surface area (Å²) in [5.41, 5.74) is 2.21. The Bertz CT molecular complexity index is 949. The Kier molecular flexibility index (Phi) is 7.81. The number of benzene rings is 2. The van der Waals surface area contributed by atoms with Crippen molar-refractivity contribution in [3.63, 3.8) is 0 Å². The van der Waals surface area contributed by atoms with Crippen LogP contribution in [0.1, 0.15) is 12.5 Å². The van der Waals surface area contributed by atoms with Crippen molar-refractivity contribution < 1.29 is 39.1 Å². The van der Waals surface area contributed by atoms with Crippen LogP contribution in [0.4, 0.5) is 0 Å². The highest BCUT2D eigenvalue weighted by molar-refractivity contribution is 5.75. The van der Waals surface area contributed by atoms with Crippen molar-refractivity contribution in [3.05, 3.63) is 54.1 Å². The molecule has 5 atom stereocenters. The quantitative estimate of drug-likeness (QED) is 0.450. The predicted molar refractivity (Wildman–Crippen MR) is 114 cm³/mol. The first-order chi connectivity index (χ1) is 15.3. The normalized spacial score (nSPS) is 25.1. The van der Waals surface area contributed by atoms with Crippen molar-refractivity contribution in [1.82, 2.24) is 5.32 Å². The van der Waals surface area contributed by atoms with Crippen molar-refractivity contribution in [3.8, 4) is 16.9 Å². The van der Waals surface area contributed by atoms with E-state index in [-0.39, 0.29) is 12.4 Å². The van der Waals surface area contributed by atoms with Crippen LogP contribution in [0.25, 0.3) is 11.1 Å². The van der Waals surface area contributed by atoms with E-state index in [0.29, 0.717) is 11.3 Å². The van der Waals surface area contributed by atoms with Gasteiger partial charge >= 0.3 is 5.97 Å². The Hall–Kier alpha value is -2.98. The van der Waals surface area contributed by atoms with Crippen molar-refractivity contribution in [2.75, 3.05) is 13.7 Å². The maximum Gasteiger partial charge on any atom is 0.309 e. The number of ether oxygens (including phenoxy) is 3. The van der Waals surface area contributed by atoms with Gasteiger partial charge in [0.2, 0.25) is 12.2 Å². The second-order valence-electron chi connectivity index (χ2n) is 7.50. The molecule has 9 heteroatoms. The Morgan fingerprint density at radius 3 is 2.53 bits per heavy atom. The van der Waals surface area contributed by atoms with Crippen molar-refractivity contribution in [2.24, 2.45) is 0 Å². The third-order valence-corrected chi connectivity index (χ3v) is 5.20. The van der Waals surface area contributed by atoms with E-state index >= 15 is 0 Å². The molecule has 32 heavy (non-hydrogen) atoms. The second kappa shape index (κ2) is 10.6. The number of amides is 1. The van der Waals surface area contributed by atoms with Gasteiger partial charge in [0.1, 0.15) is 30.1 Å². The van der Waals surface area contributed by atoms with Gasteiger partial charge in [-0.3, -0.25) is 9.59 Å². The van der Waals surface area contributed by atoms with Crippen molar-refractivity contribution in [2.45, 2.75) is 44.0 Å². The van der Waals surface area contributed by atoms with Crippen LogP contribution in [0.2, 0.25) is 0 Å². The first kappa shape index (κ1) is 23.7. The van der Waals surface area contributed by atoms with Crippen LogP contribution < -0.4 is 10.1 Å². The molecule has 0 spiro atoms.